The van der Waals surface area contributed by atoms with Crippen molar-refractivity contribution in [2.24, 2.45) is 16.3 Å². The molecule has 3 rings (SSSR count). The van der Waals surface area contributed by atoms with Crippen molar-refractivity contribution >= 4 is 15.8 Å². The van der Waals surface area contributed by atoms with E-state index in [1.54, 1.807) is 7.05 Å². The van der Waals surface area contributed by atoms with Crippen molar-refractivity contribution in [3.05, 3.63) is 0 Å². The van der Waals surface area contributed by atoms with Crippen molar-refractivity contribution in [3.8, 4) is 0 Å². The second kappa shape index (κ2) is 5.12. The highest BCUT2D eigenvalue weighted by Crippen LogP contribution is 2.52. The van der Waals surface area contributed by atoms with Crippen LogP contribution in [0.1, 0.15) is 26.7 Å². The van der Waals surface area contributed by atoms with Gasteiger partial charge >= 0.3 is 0 Å². The number of guanidine groups is 1. The zero-order chi connectivity index (χ0) is 15.3. The summed E-state index contributed by atoms with van der Waals surface area (Å²) >= 11 is 0. The fourth-order valence-corrected chi connectivity index (χ4v) is 5.71. The summed E-state index contributed by atoms with van der Waals surface area (Å²) in [6.07, 6.45) is 2.08. The molecule has 4 atom stereocenters. The monoisotopic (exact) mass is 315 g/mol. The molecule has 3 aliphatic rings. The van der Waals surface area contributed by atoms with Crippen molar-refractivity contribution in [2.45, 2.75) is 44.9 Å². The molecule has 3 fully saturated rings. The molecule has 7 heteroatoms. The smallest absolute Gasteiger partial charge is 0.191 e. The molecule has 0 aromatic heterocycles. The molecule has 0 radical (unpaired) electrons. The van der Waals surface area contributed by atoms with Crippen molar-refractivity contribution < 1.29 is 13.2 Å². The minimum atomic E-state index is -2.87. The van der Waals surface area contributed by atoms with Gasteiger partial charge in [0, 0.05) is 37.1 Å². The molecule has 0 aromatic rings. The van der Waals surface area contributed by atoms with Crippen LogP contribution in [0.3, 0.4) is 0 Å². The second-order valence-electron chi connectivity index (χ2n) is 7.00. The molecule has 2 saturated heterocycles. The fourth-order valence-electron chi connectivity index (χ4n) is 4.04. The zero-order valence-electron chi connectivity index (χ0n) is 12.9. The van der Waals surface area contributed by atoms with Crippen LogP contribution >= 0.6 is 0 Å². The molecular formula is C14H25N3O3S. The summed E-state index contributed by atoms with van der Waals surface area (Å²) in [5.74, 6) is 1.72. The third-order valence-corrected chi connectivity index (χ3v) is 6.96. The van der Waals surface area contributed by atoms with E-state index in [4.69, 9.17) is 4.74 Å². The topological polar surface area (TPSA) is 79.8 Å². The summed E-state index contributed by atoms with van der Waals surface area (Å²) < 4.78 is 28.9. The number of ether oxygens (including phenoxy) is 1. The van der Waals surface area contributed by atoms with E-state index in [0.717, 1.165) is 13.0 Å². The second-order valence-corrected chi connectivity index (χ2v) is 9.23. The number of rotatable bonds is 2. The minimum Gasteiger partial charge on any atom is -0.377 e. The molecule has 2 aliphatic heterocycles. The quantitative estimate of drug-likeness (QED) is 0.560. The van der Waals surface area contributed by atoms with Crippen molar-refractivity contribution in [3.63, 3.8) is 0 Å². The van der Waals surface area contributed by atoms with Gasteiger partial charge in [-0.1, -0.05) is 13.8 Å². The Balaban J connectivity index is 1.61. The van der Waals surface area contributed by atoms with E-state index in [-0.39, 0.29) is 23.0 Å². The van der Waals surface area contributed by atoms with Crippen molar-refractivity contribution in [2.75, 3.05) is 25.2 Å². The van der Waals surface area contributed by atoms with Crippen LogP contribution in [0.5, 0.6) is 0 Å². The van der Waals surface area contributed by atoms with Crippen LogP contribution in [0, 0.1) is 11.3 Å². The summed E-state index contributed by atoms with van der Waals surface area (Å²) in [6.45, 7) is 5.26. The first-order chi connectivity index (χ1) is 9.83. The first-order valence-corrected chi connectivity index (χ1v) is 9.47. The Bertz CT molecular complexity index is 544. The fraction of sp³-hybridized carbons (Fsp3) is 0.929. The van der Waals surface area contributed by atoms with Crippen LogP contribution in [-0.2, 0) is 14.6 Å². The molecule has 2 N–H and O–H groups in total. The molecule has 0 aromatic carbocycles. The highest BCUT2D eigenvalue weighted by molar-refractivity contribution is 7.91. The van der Waals surface area contributed by atoms with Crippen LogP contribution in [-0.4, -0.2) is 57.7 Å². The number of sulfone groups is 1. The van der Waals surface area contributed by atoms with Gasteiger partial charge in [0.2, 0.25) is 0 Å². The average Bonchev–Trinajstić information content (AvgIpc) is 2.99. The van der Waals surface area contributed by atoms with Gasteiger partial charge in [-0.2, -0.15) is 0 Å². The maximum absolute atomic E-state index is 11.5. The highest BCUT2D eigenvalue weighted by Gasteiger charge is 2.59. The molecule has 120 valence electrons. The Morgan fingerprint density at radius 3 is 2.67 bits per heavy atom. The Labute approximate surface area is 126 Å². The van der Waals surface area contributed by atoms with Gasteiger partial charge in [0.25, 0.3) is 0 Å². The normalized spacial score (nSPS) is 40.4. The molecule has 21 heavy (non-hydrogen) atoms. The van der Waals surface area contributed by atoms with E-state index in [2.05, 4.69) is 29.5 Å². The van der Waals surface area contributed by atoms with E-state index >= 15 is 0 Å². The molecule has 2 heterocycles. The van der Waals surface area contributed by atoms with E-state index in [1.807, 2.05) is 0 Å². The van der Waals surface area contributed by atoms with Crippen LogP contribution in [0.4, 0.5) is 0 Å². The van der Waals surface area contributed by atoms with E-state index < -0.39 is 9.84 Å². The van der Waals surface area contributed by atoms with Gasteiger partial charge in [0.05, 0.1) is 17.6 Å². The molecule has 1 aliphatic carbocycles. The number of hydrogen-bond donors (Lipinski definition) is 2. The third kappa shape index (κ3) is 2.65. The number of nitrogens with one attached hydrogen (secondary N) is 2. The summed E-state index contributed by atoms with van der Waals surface area (Å²) in [5.41, 5.74) is 0.0839. The molecule has 4 unspecified atom stereocenters. The van der Waals surface area contributed by atoms with Crippen molar-refractivity contribution in [1.29, 1.82) is 0 Å². The van der Waals surface area contributed by atoms with Gasteiger partial charge < -0.3 is 15.4 Å². The largest absolute Gasteiger partial charge is 0.377 e. The molecule has 0 amide bonds. The van der Waals surface area contributed by atoms with E-state index in [1.165, 1.54) is 0 Å². The lowest BCUT2D eigenvalue weighted by molar-refractivity contribution is -0.106. The lowest BCUT2D eigenvalue weighted by Gasteiger charge is -2.55. The Morgan fingerprint density at radius 2 is 2.05 bits per heavy atom. The average molecular weight is 315 g/mol. The predicted molar refractivity (Wildman–Crippen MR) is 82.1 cm³/mol. The summed E-state index contributed by atoms with van der Waals surface area (Å²) in [4.78, 5) is 4.26. The summed E-state index contributed by atoms with van der Waals surface area (Å²) in [7, 11) is -1.14. The van der Waals surface area contributed by atoms with Gasteiger partial charge in [0.1, 0.15) is 0 Å². The number of aliphatic imine (C=N–C) groups is 1. The number of fused-ring (bicyclic) bond motifs is 1. The van der Waals surface area contributed by atoms with Gasteiger partial charge in [-0.3, -0.25) is 4.99 Å². The number of hydrogen-bond acceptors (Lipinski definition) is 4. The van der Waals surface area contributed by atoms with Gasteiger partial charge in [-0.05, 0) is 12.8 Å². The third-order valence-electron chi connectivity index (χ3n) is 5.19. The molecule has 0 bridgehead atoms. The lowest BCUT2D eigenvalue weighted by Crippen LogP contribution is -2.68. The predicted octanol–water partition coefficient (Wildman–Crippen LogP) is 0.152. The molecule has 1 saturated carbocycles. The Kier molecular flexibility index (Phi) is 3.68. The van der Waals surface area contributed by atoms with Gasteiger partial charge in [-0.15, -0.1) is 0 Å². The number of nitrogens with zero attached hydrogens (tertiary/aromatic N) is 1. The van der Waals surface area contributed by atoms with Gasteiger partial charge in [0.15, 0.2) is 15.8 Å². The van der Waals surface area contributed by atoms with Crippen LogP contribution in [0.2, 0.25) is 0 Å². The summed E-state index contributed by atoms with van der Waals surface area (Å²) in [6, 6.07) is 0.300. The Hall–Kier alpha value is -0.820. The molecule has 0 spiro atoms. The molecular weight excluding hydrogens is 290 g/mol. The Morgan fingerprint density at radius 1 is 1.29 bits per heavy atom. The van der Waals surface area contributed by atoms with Gasteiger partial charge in [-0.25, -0.2) is 8.42 Å². The minimum absolute atomic E-state index is 0.0278. The van der Waals surface area contributed by atoms with E-state index in [9.17, 15) is 8.42 Å². The maximum atomic E-state index is 11.5. The summed E-state index contributed by atoms with van der Waals surface area (Å²) in [5, 5.41) is 6.74. The highest BCUT2D eigenvalue weighted by atomic mass is 32.2. The van der Waals surface area contributed by atoms with Crippen molar-refractivity contribution in [1.82, 2.24) is 10.6 Å². The van der Waals surface area contributed by atoms with Crippen LogP contribution in [0.25, 0.3) is 0 Å². The SMILES string of the molecule is CN=C(NC1CCS(=O)(=O)C1)NC1C2CCOC2C1(C)C. The van der Waals surface area contributed by atoms with Crippen LogP contribution in [0.15, 0.2) is 4.99 Å². The zero-order valence-corrected chi connectivity index (χ0v) is 13.7. The van der Waals surface area contributed by atoms with E-state index in [0.29, 0.717) is 30.4 Å². The maximum Gasteiger partial charge on any atom is 0.191 e. The standard InChI is InChI=1S/C14H25N3O3S/c1-14(2)11(10-4-6-20-12(10)14)17-13(15-3)16-9-5-7-21(18,19)8-9/h9-12H,4-8H2,1-3H3,(H2,15,16,17). The molecule has 6 nitrogen and oxygen atoms in total. The lowest BCUT2D eigenvalue weighted by atomic mass is 9.57. The van der Waals surface area contributed by atoms with Crippen LogP contribution < -0.4 is 10.6 Å². The first-order valence-electron chi connectivity index (χ1n) is 7.65. The first kappa shape index (κ1) is 15.1.